The highest BCUT2D eigenvalue weighted by Gasteiger charge is 2.15. The zero-order valence-electron chi connectivity index (χ0n) is 16.6. The molecule has 28 heavy (non-hydrogen) atoms. The highest BCUT2D eigenvalue weighted by atomic mass is 32.1. The molecule has 0 saturated carbocycles. The number of carbonyl (C=O) groups excluding carboxylic acids is 2. The molecule has 152 valence electrons. The van der Waals surface area contributed by atoms with Gasteiger partial charge in [0.1, 0.15) is 17.9 Å². The maximum atomic E-state index is 12.5. The van der Waals surface area contributed by atoms with Crippen molar-refractivity contribution in [2.24, 2.45) is 0 Å². The lowest BCUT2D eigenvalue weighted by Crippen LogP contribution is -2.26. The number of amides is 1. The molecule has 2 atom stereocenters. The molecule has 1 unspecified atom stereocenters. The number of fused-ring (bicyclic) bond motifs is 2. The first-order valence-electron chi connectivity index (χ1n) is 9.41. The molecule has 0 fully saturated rings. The van der Waals surface area contributed by atoms with Crippen LogP contribution in [0, 0.1) is 0 Å². The van der Waals surface area contributed by atoms with Crippen LogP contribution >= 0.6 is 11.3 Å². The van der Waals surface area contributed by atoms with E-state index in [1.807, 2.05) is 31.4 Å². The van der Waals surface area contributed by atoms with Crippen molar-refractivity contribution in [3.05, 3.63) is 46.0 Å². The minimum Gasteiger partial charge on any atom is -0.359 e. The Morgan fingerprint density at radius 3 is 2.75 bits per heavy atom. The van der Waals surface area contributed by atoms with Gasteiger partial charge in [-0.3, -0.25) is 9.59 Å². The highest BCUT2D eigenvalue weighted by Crippen LogP contribution is 2.19. The lowest BCUT2D eigenvalue weighted by Gasteiger charge is -2.13. The van der Waals surface area contributed by atoms with Crippen molar-refractivity contribution in [3.8, 4) is 0 Å². The fourth-order valence-electron chi connectivity index (χ4n) is 2.74. The molecule has 0 aliphatic carbocycles. The standard InChI is InChI=1S/C21H28N2O4S/c1-15-8-4-7-11-20(25)22-16(2)21-23-17(13-28-21)9-5-6-10-18(24)19(12-15)27-14-26-3/h5-6,9-10,12-13,16,19H,4,7-8,11,14H2,1-3H3,(H,22,25)/b9-5-,10-6+,15-12+/t16-,19?/m0/s1. The Morgan fingerprint density at radius 1 is 1.21 bits per heavy atom. The van der Waals surface area contributed by atoms with E-state index < -0.39 is 6.10 Å². The van der Waals surface area contributed by atoms with Crippen LogP contribution in [0.25, 0.3) is 6.08 Å². The molecule has 1 amide bonds. The molecule has 2 bridgehead atoms. The Bertz CT molecular complexity index is 751. The number of allylic oxidation sites excluding steroid dienone is 3. The number of hydrogen-bond donors (Lipinski definition) is 1. The van der Waals surface area contributed by atoms with Crippen LogP contribution in [-0.4, -0.2) is 36.7 Å². The minimum atomic E-state index is -0.682. The molecule has 1 aliphatic heterocycles. The Kier molecular flexibility index (Phi) is 9.27. The number of nitrogens with one attached hydrogen (secondary N) is 1. The largest absolute Gasteiger partial charge is 0.359 e. The van der Waals surface area contributed by atoms with Crippen LogP contribution < -0.4 is 5.32 Å². The highest BCUT2D eigenvalue weighted by molar-refractivity contribution is 7.09. The number of rotatable bonds is 3. The lowest BCUT2D eigenvalue weighted by atomic mass is 10.0. The van der Waals surface area contributed by atoms with Gasteiger partial charge in [0.2, 0.25) is 5.91 Å². The number of ether oxygens (including phenoxy) is 2. The summed E-state index contributed by atoms with van der Waals surface area (Å²) in [4.78, 5) is 29.1. The van der Waals surface area contributed by atoms with Crippen LogP contribution in [-0.2, 0) is 19.1 Å². The monoisotopic (exact) mass is 404 g/mol. The van der Waals surface area contributed by atoms with Crippen molar-refractivity contribution in [2.45, 2.75) is 51.7 Å². The molecule has 0 saturated heterocycles. The summed E-state index contributed by atoms with van der Waals surface area (Å²) in [5, 5.41) is 5.79. The Hall–Kier alpha value is -2.09. The van der Waals surface area contributed by atoms with Crippen molar-refractivity contribution in [3.63, 3.8) is 0 Å². The number of carbonyl (C=O) groups is 2. The van der Waals surface area contributed by atoms with Gasteiger partial charge in [-0.05, 0) is 51.3 Å². The maximum absolute atomic E-state index is 12.5. The van der Waals surface area contributed by atoms with Crippen molar-refractivity contribution in [1.82, 2.24) is 10.3 Å². The molecule has 6 nitrogen and oxygen atoms in total. The van der Waals surface area contributed by atoms with Crippen LogP contribution in [0.5, 0.6) is 0 Å². The van der Waals surface area contributed by atoms with Gasteiger partial charge in [0.15, 0.2) is 5.78 Å². The van der Waals surface area contributed by atoms with Gasteiger partial charge in [-0.15, -0.1) is 11.3 Å². The average molecular weight is 405 g/mol. The summed E-state index contributed by atoms with van der Waals surface area (Å²) in [6, 6.07) is -0.115. The third-order valence-electron chi connectivity index (χ3n) is 4.23. The van der Waals surface area contributed by atoms with Gasteiger partial charge in [0, 0.05) is 18.9 Å². The molecular formula is C21H28N2O4S. The number of aromatic nitrogens is 1. The quantitative estimate of drug-likeness (QED) is 0.609. The summed E-state index contributed by atoms with van der Waals surface area (Å²) in [5.74, 6) is -0.115. The van der Waals surface area contributed by atoms with Gasteiger partial charge in [-0.2, -0.15) is 0 Å². The summed E-state index contributed by atoms with van der Waals surface area (Å²) in [6.45, 7) is 3.96. The van der Waals surface area contributed by atoms with Crippen LogP contribution in [0.2, 0.25) is 0 Å². The molecule has 0 radical (unpaired) electrons. The second-order valence-corrected chi connectivity index (χ2v) is 7.62. The number of ketones is 1. The summed E-state index contributed by atoms with van der Waals surface area (Å²) in [6.07, 6.45) is 10.9. The smallest absolute Gasteiger partial charge is 0.220 e. The average Bonchev–Trinajstić information content (AvgIpc) is 3.14. The zero-order chi connectivity index (χ0) is 20.4. The van der Waals surface area contributed by atoms with Crippen LogP contribution in [0.3, 0.4) is 0 Å². The van der Waals surface area contributed by atoms with Crippen molar-refractivity contribution in [2.75, 3.05) is 13.9 Å². The van der Waals surface area contributed by atoms with E-state index in [4.69, 9.17) is 9.47 Å². The number of hydrogen-bond acceptors (Lipinski definition) is 6. The maximum Gasteiger partial charge on any atom is 0.220 e. The van der Waals surface area contributed by atoms with E-state index in [2.05, 4.69) is 10.3 Å². The molecule has 2 rings (SSSR count). The SMILES string of the molecule is COCOC1/C=C(\C)CCCCC(=O)N[C@@H](C)c2nc(cs2)/C=C\C=C\C1=O. The van der Waals surface area contributed by atoms with E-state index in [1.165, 1.54) is 24.5 Å². The van der Waals surface area contributed by atoms with Crippen molar-refractivity contribution >= 4 is 29.1 Å². The summed E-state index contributed by atoms with van der Waals surface area (Å²) < 4.78 is 10.4. The first kappa shape index (κ1) is 22.2. The molecule has 0 spiro atoms. The first-order chi connectivity index (χ1) is 13.5. The van der Waals surface area contributed by atoms with Gasteiger partial charge >= 0.3 is 0 Å². The second kappa shape index (κ2) is 11.7. The molecular weight excluding hydrogens is 376 g/mol. The van der Waals surface area contributed by atoms with Crippen molar-refractivity contribution < 1.29 is 19.1 Å². The first-order valence-corrected chi connectivity index (χ1v) is 10.3. The van der Waals surface area contributed by atoms with E-state index in [9.17, 15) is 9.59 Å². The fourth-order valence-corrected chi connectivity index (χ4v) is 3.53. The van der Waals surface area contributed by atoms with Crippen LogP contribution in [0.15, 0.2) is 35.3 Å². The van der Waals surface area contributed by atoms with Gasteiger partial charge < -0.3 is 14.8 Å². The second-order valence-electron chi connectivity index (χ2n) is 6.73. The summed E-state index contributed by atoms with van der Waals surface area (Å²) in [5.41, 5.74) is 1.85. The number of nitrogens with zero attached hydrogens (tertiary/aromatic N) is 1. The number of methoxy groups -OCH3 is 1. The van der Waals surface area contributed by atoms with Crippen molar-refractivity contribution in [1.29, 1.82) is 0 Å². The molecule has 1 N–H and O–H groups in total. The molecule has 1 aromatic heterocycles. The third-order valence-corrected chi connectivity index (χ3v) is 5.28. The minimum absolute atomic E-state index is 0.0296. The Labute approximate surface area is 170 Å². The van der Waals surface area contributed by atoms with Crippen LogP contribution in [0.1, 0.15) is 56.3 Å². The zero-order valence-corrected chi connectivity index (χ0v) is 17.5. The predicted molar refractivity (Wildman–Crippen MR) is 111 cm³/mol. The molecule has 1 aliphatic rings. The van der Waals surface area contributed by atoms with Gasteiger partial charge in [-0.1, -0.05) is 17.7 Å². The molecule has 0 aromatic carbocycles. The fraction of sp³-hybridized carbons (Fsp3) is 0.476. The van der Waals surface area contributed by atoms with E-state index >= 15 is 0 Å². The molecule has 1 aromatic rings. The van der Waals surface area contributed by atoms with E-state index in [1.54, 1.807) is 12.2 Å². The van der Waals surface area contributed by atoms with E-state index in [0.29, 0.717) is 6.42 Å². The Balaban J connectivity index is 2.19. The summed E-state index contributed by atoms with van der Waals surface area (Å²) in [7, 11) is 1.52. The Morgan fingerprint density at radius 2 is 1.96 bits per heavy atom. The van der Waals surface area contributed by atoms with Crippen LogP contribution in [0.4, 0.5) is 0 Å². The normalized spacial score (nSPS) is 26.5. The van der Waals surface area contributed by atoms with E-state index in [0.717, 1.165) is 35.5 Å². The van der Waals surface area contributed by atoms with E-state index in [-0.39, 0.29) is 24.5 Å². The van der Waals surface area contributed by atoms with Gasteiger partial charge in [-0.25, -0.2) is 4.98 Å². The topological polar surface area (TPSA) is 77.5 Å². The third kappa shape index (κ3) is 7.50. The predicted octanol–water partition coefficient (Wildman–Crippen LogP) is 3.97. The molecule has 7 heteroatoms. The van der Waals surface area contributed by atoms with Gasteiger partial charge in [0.05, 0.1) is 11.7 Å². The van der Waals surface area contributed by atoms with Gasteiger partial charge in [0.25, 0.3) is 0 Å². The molecule has 2 heterocycles. The summed E-state index contributed by atoms with van der Waals surface area (Å²) >= 11 is 1.51. The number of thiazole rings is 1. The lowest BCUT2D eigenvalue weighted by molar-refractivity contribution is -0.130.